The van der Waals surface area contributed by atoms with Crippen LogP contribution in [0.1, 0.15) is 27.7 Å². The van der Waals surface area contributed by atoms with Gasteiger partial charge in [0.15, 0.2) is 0 Å². The molecule has 0 aliphatic carbocycles. The summed E-state index contributed by atoms with van der Waals surface area (Å²) in [7, 11) is 0. The van der Waals surface area contributed by atoms with Crippen LogP contribution in [0.4, 0.5) is 0 Å². The molecule has 0 aliphatic heterocycles. The number of aliphatic hydroxyl groups excluding tert-OH is 2. The predicted molar refractivity (Wildman–Crippen MR) is 65.5 cm³/mol. The first-order valence-corrected chi connectivity index (χ1v) is 5.91. The first kappa shape index (κ1) is 18.2. The Morgan fingerprint density at radius 1 is 0.750 bits per heavy atom. The Morgan fingerprint density at radius 2 is 1.12 bits per heavy atom. The molecule has 0 fully saturated rings. The number of hydrogen-bond acceptors (Lipinski definition) is 4. The third-order valence-corrected chi connectivity index (χ3v) is 1.37. The van der Waals surface area contributed by atoms with Gasteiger partial charge in [0.05, 0.1) is 26.4 Å². The molecule has 0 spiro atoms. The Hall–Kier alpha value is -0.160. The summed E-state index contributed by atoms with van der Waals surface area (Å²) in [5.74, 6) is 1.34. The molecule has 0 unspecified atom stereocenters. The van der Waals surface area contributed by atoms with Gasteiger partial charge in [0.25, 0.3) is 0 Å². The van der Waals surface area contributed by atoms with Crippen molar-refractivity contribution in [2.75, 3.05) is 39.6 Å². The van der Waals surface area contributed by atoms with Crippen molar-refractivity contribution in [3.8, 4) is 0 Å². The topological polar surface area (TPSA) is 58.9 Å². The van der Waals surface area contributed by atoms with E-state index < -0.39 is 0 Å². The summed E-state index contributed by atoms with van der Waals surface area (Å²) in [5, 5.41) is 16.2. The fourth-order valence-corrected chi connectivity index (χ4v) is 0.771. The molecule has 0 radical (unpaired) electrons. The maximum Gasteiger partial charge on any atom is 0.0698 e. The first-order valence-electron chi connectivity index (χ1n) is 5.91. The van der Waals surface area contributed by atoms with Crippen LogP contribution in [0.3, 0.4) is 0 Å². The second-order valence-corrected chi connectivity index (χ2v) is 4.38. The molecule has 0 aromatic heterocycles. The standard InChI is InChI=1S/C8H18O.C4H10O3/c1-7(2)5-9-6-8(3)4;5-1-3-7-4-2-6/h7-8H,5-6H2,1-4H3;5-6H,1-4H2. The Morgan fingerprint density at radius 3 is 1.38 bits per heavy atom. The summed E-state index contributed by atoms with van der Waals surface area (Å²) in [6.45, 7) is 11.2. The van der Waals surface area contributed by atoms with Crippen LogP contribution < -0.4 is 0 Å². The highest BCUT2D eigenvalue weighted by Crippen LogP contribution is 1.96. The lowest BCUT2D eigenvalue weighted by Gasteiger charge is -2.07. The Bertz CT molecular complexity index is 104. The lowest BCUT2D eigenvalue weighted by Crippen LogP contribution is -2.06. The number of ether oxygens (including phenoxy) is 2. The van der Waals surface area contributed by atoms with E-state index >= 15 is 0 Å². The van der Waals surface area contributed by atoms with Gasteiger partial charge >= 0.3 is 0 Å². The largest absolute Gasteiger partial charge is 0.394 e. The smallest absolute Gasteiger partial charge is 0.0698 e. The predicted octanol–water partition coefficient (Wildman–Crippen LogP) is 1.30. The van der Waals surface area contributed by atoms with E-state index in [1.165, 1.54) is 0 Å². The Balaban J connectivity index is 0. The SMILES string of the molecule is CC(C)COCC(C)C.OCCOCCO. The zero-order valence-electron chi connectivity index (χ0n) is 11.1. The fourth-order valence-electron chi connectivity index (χ4n) is 0.771. The Labute approximate surface area is 99.6 Å². The lowest BCUT2D eigenvalue weighted by atomic mass is 10.2. The van der Waals surface area contributed by atoms with Gasteiger partial charge in [-0.15, -0.1) is 0 Å². The van der Waals surface area contributed by atoms with Gasteiger partial charge in [0, 0.05) is 13.2 Å². The molecule has 0 bridgehead atoms. The van der Waals surface area contributed by atoms with Crippen LogP contribution >= 0.6 is 0 Å². The quantitative estimate of drug-likeness (QED) is 0.624. The van der Waals surface area contributed by atoms with Crippen molar-refractivity contribution in [1.82, 2.24) is 0 Å². The molecule has 0 heterocycles. The van der Waals surface area contributed by atoms with Crippen LogP contribution in [-0.2, 0) is 9.47 Å². The van der Waals surface area contributed by atoms with Crippen molar-refractivity contribution in [3.05, 3.63) is 0 Å². The molecular weight excluding hydrogens is 208 g/mol. The molecule has 0 aliphatic rings. The summed E-state index contributed by atoms with van der Waals surface area (Å²) in [4.78, 5) is 0. The van der Waals surface area contributed by atoms with Gasteiger partial charge in [0.2, 0.25) is 0 Å². The summed E-state index contributed by atoms with van der Waals surface area (Å²) in [6, 6.07) is 0. The average Bonchev–Trinajstić information content (AvgIpc) is 2.18. The molecule has 0 saturated heterocycles. The average molecular weight is 236 g/mol. The third kappa shape index (κ3) is 23.6. The van der Waals surface area contributed by atoms with Crippen molar-refractivity contribution in [2.45, 2.75) is 27.7 Å². The molecule has 0 aromatic carbocycles. The van der Waals surface area contributed by atoms with Gasteiger partial charge in [-0.05, 0) is 11.8 Å². The number of hydrogen-bond donors (Lipinski definition) is 2. The summed E-state index contributed by atoms with van der Waals surface area (Å²) < 4.78 is 9.99. The van der Waals surface area contributed by atoms with Crippen LogP contribution in [-0.4, -0.2) is 49.9 Å². The van der Waals surface area contributed by atoms with Crippen molar-refractivity contribution in [2.24, 2.45) is 11.8 Å². The maximum atomic E-state index is 8.09. The molecule has 0 amide bonds. The second kappa shape index (κ2) is 14.8. The van der Waals surface area contributed by atoms with Crippen molar-refractivity contribution < 1.29 is 19.7 Å². The van der Waals surface area contributed by atoms with E-state index in [2.05, 4.69) is 32.4 Å². The molecule has 100 valence electrons. The van der Waals surface area contributed by atoms with E-state index in [1.54, 1.807) is 0 Å². The normalized spacial score (nSPS) is 10.5. The van der Waals surface area contributed by atoms with E-state index in [9.17, 15) is 0 Å². The van der Waals surface area contributed by atoms with Crippen LogP contribution in [0.15, 0.2) is 0 Å². The van der Waals surface area contributed by atoms with Crippen LogP contribution in [0.2, 0.25) is 0 Å². The molecule has 0 aromatic rings. The van der Waals surface area contributed by atoms with Gasteiger partial charge in [-0.25, -0.2) is 0 Å². The monoisotopic (exact) mass is 236 g/mol. The van der Waals surface area contributed by atoms with E-state index in [0.717, 1.165) is 13.2 Å². The van der Waals surface area contributed by atoms with E-state index in [0.29, 0.717) is 25.0 Å². The highest BCUT2D eigenvalue weighted by atomic mass is 16.5. The molecule has 4 heteroatoms. The highest BCUT2D eigenvalue weighted by Gasteiger charge is 1.95. The fraction of sp³-hybridized carbons (Fsp3) is 1.00. The third-order valence-electron chi connectivity index (χ3n) is 1.37. The minimum atomic E-state index is 0.0278. The van der Waals surface area contributed by atoms with E-state index in [-0.39, 0.29) is 13.2 Å². The molecule has 4 nitrogen and oxygen atoms in total. The van der Waals surface area contributed by atoms with Crippen LogP contribution in [0.25, 0.3) is 0 Å². The van der Waals surface area contributed by atoms with E-state index in [1.807, 2.05) is 0 Å². The van der Waals surface area contributed by atoms with E-state index in [4.69, 9.17) is 14.9 Å². The van der Waals surface area contributed by atoms with Crippen LogP contribution in [0.5, 0.6) is 0 Å². The molecule has 16 heavy (non-hydrogen) atoms. The van der Waals surface area contributed by atoms with Gasteiger partial charge in [0.1, 0.15) is 0 Å². The second-order valence-electron chi connectivity index (χ2n) is 4.38. The molecule has 2 N–H and O–H groups in total. The molecule has 0 rings (SSSR count). The van der Waals surface area contributed by atoms with Crippen molar-refractivity contribution >= 4 is 0 Å². The Kier molecular flexibility index (Phi) is 16.9. The van der Waals surface area contributed by atoms with Gasteiger partial charge in [-0.1, -0.05) is 27.7 Å². The van der Waals surface area contributed by atoms with Crippen molar-refractivity contribution in [1.29, 1.82) is 0 Å². The lowest BCUT2D eigenvalue weighted by molar-refractivity contribution is 0.0650. The summed E-state index contributed by atoms with van der Waals surface area (Å²) in [5.41, 5.74) is 0. The van der Waals surface area contributed by atoms with Gasteiger partial charge in [-0.3, -0.25) is 0 Å². The minimum Gasteiger partial charge on any atom is -0.394 e. The maximum absolute atomic E-state index is 8.09. The molecule has 0 saturated carbocycles. The number of rotatable bonds is 8. The van der Waals surface area contributed by atoms with Crippen molar-refractivity contribution in [3.63, 3.8) is 0 Å². The minimum absolute atomic E-state index is 0.0278. The summed E-state index contributed by atoms with van der Waals surface area (Å²) in [6.07, 6.45) is 0. The van der Waals surface area contributed by atoms with Gasteiger partial charge in [-0.2, -0.15) is 0 Å². The first-order chi connectivity index (χ1) is 7.54. The zero-order valence-corrected chi connectivity index (χ0v) is 11.1. The zero-order chi connectivity index (χ0) is 12.8. The van der Waals surface area contributed by atoms with Crippen LogP contribution in [0, 0.1) is 11.8 Å². The summed E-state index contributed by atoms with van der Waals surface area (Å²) >= 11 is 0. The highest BCUT2D eigenvalue weighted by molar-refractivity contribution is 4.42. The molecular formula is C12H28O4. The molecule has 0 atom stereocenters. The number of aliphatic hydroxyl groups is 2. The van der Waals surface area contributed by atoms with Gasteiger partial charge < -0.3 is 19.7 Å².